The molecule has 0 aliphatic carbocycles. The molecule has 3 rings (SSSR count). The number of halogens is 3. The molecule has 1 N–H and O–H groups in total. The molecular weight excluding hydrogens is 358 g/mol. The molecule has 1 heterocycles. The van der Waals surface area contributed by atoms with Gasteiger partial charge in [-0.15, -0.1) is 0 Å². The summed E-state index contributed by atoms with van der Waals surface area (Å²) < 4.78 is 12.9. The Bertz CT molecular complexity index is 834. The van der Waals surface area contributed by atoms with Gasteiger partial charge in [0, 0.05) is 5.02 Å². The van der Waals surface area contributed by atoms with Crippen molar-refractivity contribution in [3.05, 3.63) is 68.8 Å². The molecule has 1 aliphatic rings. The SMILES string of the molecule is O=C1NC(=Nc2ccc(Cl)cc2Cl)S/C1=C/c1ccc(F)cc1. The van der Waals surface area contributed by atoms with Gasteiger partial charge in [0.2, 0.25) is 0 Å². The van der Waals surface area contributed by atoms with Crippen molar-refractivity contribution in [2.45, 2.75) is 0 Å². The summed E-state index contributed by atoms with van der Waals surface area (Å²) in [6, 6.07) is 10.8. The van der Waals surface area contributed by atoms with Gasteiger partial charge in [-0.25, -0.2) is 9.38 Å². The number of hydrogen-bond acceptors (Lipinski definition) is 3. The summed E-state index contributed by atoms with van der Waals surface area (Å²) in [5, 5.41) is 4.00. The van der Waals surface area contributed by atoms with E-state index in [1.54, 1.807) is 36.4 Å². The van der Waals surface area contributed by atoms with Crippen LogP contribution in [0.15, 0.2) is 52.4 Å². The van der Waals surface area contributed by atoms with Crippen molar-refractivity contribution in [2.24, 2.45) is 4.99 Å². The fraction of sp³-hybridized carbons (Fsp3) is 0. The van der Waals surface area contributed by atoms with Gasteiger partial charge < -0.3 is 5.32 Å². The molecular formula is C16H9Cl2FN2OS. The molecule has 0 saturated carbocycles. The fourth-order valence-electron chi connectivity index (χ4n) is 1.87. The van der Waals surface area contributed by atoms with E-state index in [1.807, 2.05) is 0 Å². The minimum absolute atomic E-state index is 0.261. The zero-order valence-electron chi connectivity index (χ0n) is 11.5. The van der Waals surface area contributed by atoms with Crippen molar-refractivity contribution in [3.63, 3.8) is 0 Å². The third-order valence-corrected chi connectivity index (χ3v) is 4.40. The maximum absolute atomic E-state index is 12.9. The number of nitrogens with zero attached hydrogens (tertiary/aromatic N) is 1. The smallest absolute Gasteiger partial charge is 0.264 e. The van der Waals surface area contributed by atoms with Crippen LogP contribution in [0.1, 0.15) is 5.56 Å². The predicted octanol–water partition coefficient (Wildman–Crippen LogP) is 5.02. The molecule has 1 amide bonds. The van der Waals surface area contributed by atoms with Crippen molar-refractivity contribution in [1.82, 2.24) is 5.32 Å². The number of hydrogen-bond donors (Lipinski definition) is 1. The summed E-state index contributed by atoms with van der Waals surface area (Å²) in [5.41, 5.74) is 1.25. The summed E-state index contributed by atoms with van der Waals surface area (Å²) in [6.45, 7) is 0. The Labute approximate surface area is 146 Å². The second-order valence-electron chi connectivity index (χ2n) is 4.63. The number of carbonyl (C=O) groups is 1. The first-order chi connectivity index (χ1) is 11.0. The van der Waals surface area contributed by atoms with Crippen molar-refractivity contribution in [3.8, 4) is 0 Å². The maximum atomic E-state index is 12.9. The van der Waals surface area contributed by atoms with Crippen molar-refractivity contribution in [1.29, 1.82) is 0 Å². The second-order valence-corrected chi connectivity index (χ2v) is 6.50. The second kappa shape index (κ2) is 6.74. The van der Waals surface area contributed by atoms with Gasteiger partial charge in [-0.3, -0.25) is 4.79 Å². The molecule has 1 aliphatic heterocycles. The van der Waals surface area contributed by atoms with Gasteiger partial charge in [0.05, 0.1) is 15.6 Å². The highest BCUT2D eigenvalue weighted by molar-refractivity contribution is 8.18. The Morgan fingerprint density at radius 1 is 1.13 bits per heavy atom. The van der Waals surface area contributed by atoms with Crippen LogP contribution in [0.25, 0.3) is 6.08 Å². The van der Waals surface area contributed by atoms with Crippen molar-refractivity contribution in [2.75, 3.05) is 0 Å². The molecule has 0 aromatic heterocycles. The van der Waals surface area contributed by atoms with Gasteiger partial charge in [0.25, 0.3) is 5.91 Å². The number of rotatable bonds is 2. The zero-order chi connectivity index (χ0) is 16.4. The lowest BCUT2D eigenvalue weighted by Crippen LogP contribution is -2.19. The van der Waals surface area contributed by atoms with E-state index in [0.29, 0.717) is 25.8 Å². The number of nitrogens with one attached hydrogen (secondary N) is 1. The predicted molar refractivity (Wildman–Crippen MR) is 93.7 cm³/mol. The number of amidine groups is 1. The third kappa shape index (κ3) is 3.93. The maximum Gasteiger partial charge on any atom is 0.264 e. The van der Waals surface area contributed by atoms with Crippen LogP contribution in [-0.2, 0) is 4.79 Å². The van der Waals surface area contributed by atoms with Crippen LogP contribution in [0.4, 0.5) is 10.1 Å². The van der Waals surface area contributed by atoms with Crippen LogP contribution in [0.5, 0.6) is 0 Å². The molecule has 0 spiro atoms. The van der Waals surface area contributed by atoms with E-state index >= 15 is 0 Å². The normalized spacial score (nSPS) is 17.8. The van der Waals surface area contributed by atoms with Gasteiger partial charge in [0.15, 0.2) is 5.17 Å². The number of amides is 1. The largest absolute Gasteiger partial charge is 0.300 e. The summed E-state index contributed by atoms with van der Waals surface area (Å²) in [6.07, 6.45) is 1.67. The topological polar surface area (TPSA) is 41.5 Å². The van der Waals surface area contributed by atoms with Gasteiger partial charge >= 0.3 is 0 Å². The highest BCUT2D eigenvalue weighted by Crippen LogP contribution is 2.32. The van der Waals surface area contributed by atoms with E-state index in [-0.39, 0.29) is 11.7 Å². The summed E-state index contributed by atoms with van der Waals surface area (Å²) in [4.78, 5) is 16.8. The van der Waals surface area contributed by atoms with Crippen LogP contribution in [0.3, 0.4) is 0 Å². The van der Waals surface area contributed by atoms with E-state index in [2.05, 4.69) is 10.3 Å². The Morgan fingerprint density at radius 3 is 2.57 bits per heavy atom. The Balaban J connectivity index is 1.84. The van der Waals surface area contributed by atoms with Crippen LogP contribution >= 0.6 is 35.0 Å². The lowest BCUT2D eigenvalue weighted by Gasteiger charge is -1.99. The molecule has 7 heteroatoms. The van der Waals surface area contributed by atoms with E-state index in [1.165, 1.54) is 23.9 Å². The van der Waals surface area contributed by atoms with E-state index in [4.69, 9.17) is 23.2 Å². The summed E-state index contributed by atoms with van der Waals surface area (Å²) in [5.74, 6) is -0.585. The van der Waals surface area contributed by atoms with Gasteiger partial charge in [-0.05, 0) is 53.7 Å². The molecule has 0 radical (unpaired) electrons. The lowest BCUT2D eigenvalue weighted by molar-refractivity contribution is -0.115. The average Bonchev–Trinajstić information content (AvgIpc) is 2.84. The van der Waals surface area contributed by atoms with Crippen LogP contribution < -0.4 is 5.32 Å². The molecule has 1 saturated heterocycles. The Morgan fingerprint density at radius 2 is 1.87 bits per heavy atom. The molecule has 0 unspecified atom stereocenters. The highest BCUT2D eigenvalue weighted by Gasteiger charge is 2.24. The monoisotopic (exact) mass is 366 g/mol. The summed E-state index contributed by atoms with van der Waals surface area (Å²) >= 11 is 13.1. The lowest BCUT2D eigenvalue weighted by atomic mass is 10.2. The van der Waals surface area contributed by atoms with Gasteiger partial charge in [-0.2, -0.15) is 0 Å². The first kappa shape index (κ1) is 16.1. The van der Waals surface area contributed by atoms with Crippen molar-refractivity contribution < 1.29 is 9.18 Å². The number of carbonyl (C=O) groups excluding carboxylic acids is 1. The zero-order valence-corrected chi connectivity index (χ0v) is 13.8. The minimum Gasteiger partial charge on any atom is -0.300 e. The number of benzene rings is 2. The summed E-state index contributed by atoms with van der Waals surface area (Å²) in [7, 11) is 0. The quantitative estimate of drug-likeness (QED) is 0.757. The van der Waals surface area contributed by atoms with Crippen LogP contribution in [-0.4, -0.2) is 11.1 Å². The molecule has 0 bridgehead atoms. The third-order valence-electron chi connectivity index (χ3n) is 2.95. The van der Waals surface area contributed by atoms with E-state index in [0.717, 1.165) is 5.56 Å². The van der Waals surface area contributed by atoms with E-state index in [9.17, 15) is 9.18 Å². The molecule has 23 heavy (non-hydrogen) atoms. The first-order valence-corrected chi connectivity index (χ1v) is 8.09. The number of aliphatic imine (C=N–C) groups is 1. The molecule has 2 aromatic rings. The molecule has 3 nitrogen and oxygen atoms in total. The number of thioether (sulfide) groups is 1. The average molecular weight is 367 g/mol. The first-order valence-electron chi connectivity index (χ1n) is 6.51. The van der Waals surface area contributed by atoms with Gasteiger partial charge in [0.1, 0.15) is 5.82 Å². The fourth-order valence-corrected chi connectivity index (χ4v) is 3.16. The Hall–Kier alpha value is -1.82. The van der Waals surface area contributed by atoms with Crippen LogP contribution in [0, 0.1) is 5.82 Å². The molecule has 116 valence electrons. The Kier molecular flexibility index (Phi) is 4.71. The molecule has 2 aromatic carbocycles. The highest BCUT2D eigenvalue weighted by atomic mass is 35.5. The minimum atomic E-state index is -0.324. The van der Waals surface area contributed by atoms with E-state index < -0.39 is 0 Å². The van der Waals surface area contributed by atoms with Gasteiger partial charge in [-0.1, -0.05) is 35.3 Å². The molecule has 0 atom stereocenters. The van der Waals surface area contributed by atoms with Crippen molar-refractivity contribution >= 4 is 57.8 Å². The van der Waals surface area contributed by atoms with Crippen LogP contribution in [0.2, 0.25) is 10.0 Å². The standard InChI is InChI=1S/C16H9Cl2FN2OS/c17-10-3-6-13(12(18)8-10)20-16-21-15(22)14(23-16)7-9-1-4-11(19)5-2-9/h1-8H,(H,20,21,22)/b14-7+. The molecule has 1 fully saturated rings.